The Labute approximate surface area is 123 Å². The first-order valence-electron chi connectivity index (χ1n) is 6.50. The lowest BCUT2D eigenvalue weighted by molar-refractivity contribution is 0.134. The maximum absolute atomic E-state index is 5.99. The number of ether oxygens (including phenoxy) is 2. The largest absolute Gasteiger partial charge is 0.497 e. The first-order chi connectivity index (χ1) is 9.17. The third-order valence-corrected chi connectivity index (χ3v) is 4.48. The second kappa shape index (κ2) is 6.70. The van der Waals surface area contributed by atoms with Crippen molar-refractivity contribution < 1.29 is 9.47 Å². The Morgan fingerprint density at radius 2 is 2.37 bits per heavy atom. The zero-order valence-electron chi connectivity index (χ0n) is 11.4. The lowest BCUT2D eigenvalue weighted by Crippen LogP contribution is -2.39. The molecule has 2 unspecified atom stereocenters. The molecule has 2 N–H and O–H groups in total. The zero-order chi connectivity index (χ0) is 13.8. The Balaban J connectivity index is 2.24. The molecule has 5 heteroatoms. The van der Waals surface area contributed by atoms with Crippen LogP contribution in [-0.4, -0.2) is 44.9 Å². The summed E-state index contributed by atoms with van der Waals surface area (Å²) >= 11 is 3.61. The van der Waals surface area contributed by atoms with Crippen LogP contribution in [-0.2, 0) is 4.74 Å². The van der Waals surface area contributed by atoms with E-state index >= 15 is 0 Å². The Morgan fingerprint density at radius 1 is 1.58 bits per heavy atom. The lowest BCUT2D eigenvalue weighted by Gasteiger charge is -2.32. The fourth-order valence-electron chi connectivity index (χ4n) is 2.51. The molecule has 2 rings (SSSR count). The van der Waals surface area contributed by atoms with Crippen LogP contribution in [0.2, 0.25) is 0 Å². The number of halogens is 1. The Morgan fingerprint density at radius 3 is 2.95 bits per heavy atom. The van der Waals surface area contributed by atoms with E-state index in [1.165, 1.54) is 0 Å². The van der Waals surface area contributed by atoms with Gasteiger partial charge in [0.1, 0.15) is 5.75 Å². The second-order valence-electron chi connectivity index (χ2n) is 4.82. The van der Waals surface area contributed by atoms with Gasteiger partial charge in [0.05, 0.1) is 13.7 Å². The zero-order valence-corrected chi connectivity index (χ0v) is 13.0. The van der Waals surface area contributed by atoms with Gasteiger partial charge in [-0.05, 0) is 37.2 Å². The van der Waals surface area contributed by atoms with E-state index in [9.17, 15) is 0 Å². The molecular formula is C14H21BrN2O2. The summed E-state index contributed by atoms with van der Waals surface area (Å²) in [6.07, 6.45) is 1.06. The molecular weight excluding hydrogens is 308 g/mol. The van der Waals surface area contributed by atoms with E-state index < -0.39 is 0 Å². The molecule has 19 heavy (non-hydrogen) atoms. The highest BCUT2D eigenvalue weighted by atomic mass is 79.9. The molecule has 0 radical (unpaired) electrons. The van der Waals surface area contributed by atoms with E-state index in [2.05, 4.69) is 27.9 Å². The SMILES string of the molecule is COc1ccc(Br)c(C(CN)N(C)C2CCOC2)c1. The van der Waals surface area contributed by atoms with Crippen LogP contribution in [0.3, 0.4) is 0 Å². The highest BCUT2D eigenvalue weighted by Crippen LogP contribution is 2.32. The third-order valence-electron chi connectivity index (χ3n) is 3.76. The fraction of sp³-hybridized carbons (Fsp3) is 0.571. The van der Waals surface area contributed by atoms with Gasteiger partial charge in [0.2, 0.25) is 0 Å². The topological polar surface area (TPSA) is 47.7 Å². The monoisotopic (exact) mass is 328 g/mol. The number of hydrogen-bond donors (Lipinski definition) is 1. The molecule has 0 bridgehead atoms. The van der Waals surface area contributed by atoms with Gasteiger partial charge < -0.3 is 15.2 Å². The van der Waals surface area contributed by atoms with Crippen LogP contribution in [0.15, 0.2) is 22.7 Å². The summed E-state index contributed by atoms with van der Waals surface area (Å²) in [5.74, 6) is 0.854. The van der Waals surface area contributed by atoms with Crippen molar-refractivity contribution in [2.45, 2.75) is 18.5 Å². The number of nitrogens with zero attached hydrogens (tertiary/aromatic N) is 1. The molecule has 1 aliphatic rings. The van der Waals surface area contributed by atoms with Crippen molar-refractivity contribution >= 4 is 15.9 Å². The number of benzene rings is 1. The summed E-state index contributed by atoms with van der Waals surface area (Å²) in [5.41, 5.74) is 7.15. The maximum atomic E-state index is 5.99. The van der Waals surface area contributed by atoms with E-state index in [1.807, 2.05) is 18.2 Å². The molecule has 0 aliphatic carbocycles. The molecule has 0 spiro atoms. The molecule has 1 fully saturated rings. The lowest BCUT2D eigenvalue weighted by atomic mass is 10.0. The van der Waals surface area contributed by atoms with Crippen LogP contribution >= 0.6 is 15.9 Å². The van der Waals surface area contributed by atoms with Crippen LogP contribution in [0.5, 0.6) is 5.75 Å². The van der Waals surface area contributed by atoms with Gasteiger partial charge in [-0.1, -0.05) is 15.9 Å². The van der Waals surface area contributed by atoms with Crippen LogP contribution in [0.1, 0.15) is 18.0 Å². The van der Waals surface area contributed by atoms with Gasteiger partial charge in [-0.25, -0.2) is 0 Å². The molecule has 2 atom stereocenters. The molecule has 106 valence electrons. The van der Waals surface area contributed by atoms with E-state index in [4.69, 9.17) is 15.2 Å². The minimum absolute atomic E-state index is 0.163. The first-order valence-corrected chi connectivity index (χ1v) is 7.30. The molecule has 1 aliphatic heterocycles. The molecule has 1 heterocycles. The number of likely N-dealkylation sites (N-methyl/N-ethyl adjacent to an activating group) is 1. The van der Waals surface area contributed by atoms with Gasteiger partial charge in [0.15, 0.2) is 0 Å². The minimum atomic E-state index is 0.163. The highest BCUT2D eigenvalue weighted by molar-refractivity contribution is 9.10. The standard InChI is InChI=1S/C14H21BrN2O2/c1-17(10-5-6-19-9-10)14(8-16)12-7-11(18-2)3-4-13(12)15/h3-4,7,10,14H,5-6,8-9,16H2,1-2H3. The van der Waals surface area contributed by atoms with E-state index in [-0.39, 0.29) is 6.04 Å². The number of methoxy groups -OCH3 is 1. The van der Waals surface area contributed by atoms with E-state index in [0.29, 0.717) is 12.6 Å². The molecule has 1 saturated heterocycles. The molecule has 1 aromatic carbocycles. The van der Waals surface area contributed by atoms with Crippen LogP contribution in [0.4, 0.5) is 0 Å². The second-order valence-corrected chi connectivity index (χ2v) is 5.68. The van der Waals surface area contributed by atoms with Crippen LogP contribution < -0.4 is 10.5 Å². The average Bonchev–Trinajstić information content (AvgIpc) is 2.95. The van der Waals surface area contributed by atoms with Gasteiger partial charge in [0, 0.05) is 29.7 Å². The van der Waals surface area contributed by atoms with Crippen molar-refractivity contribution in [2.75, 3.05) is 33.9 Å². The summed E-state index contributed by atoms with van der Waals surface area (Å²) in [6.45, 7) is 2.19. The smallest absolute Gasteiger partial charge is 0.119 e. The molecule has 4 nitrogen and oxygen atoms in total. The summed E-state index contributed by atoms with van der Waals surface area (Å²) in [7, 11) is 3.79. The number of rotatable bonds is 5. The normalized spacial score (nSPS) is 20.8. The molecule has 1 aromatic rings. The third kappa shape index (κ3) is 3.28. The van der Waals surface area contributed by atoms with E-state index in [1.54, 1.807) is 7.11 Å². The number of nitrogens with two attached hydrogens (primary N) is 1. The Hall–Kier alpha value is -0.620. The van der Waals surface area contributed by atoms with Gasteiger partial charge in [-0.3, -0.25) is 4.90 Å². The quantitative estimate of drug-likeness (QED) is 0.900. The van der Waals surface area contributed by atoms with Crippen molar-refractivity contribution in [3.8, 4) is 5.75 Å². The fourth-order valence-corrected chi connectivity index (χ4v) is 3.03. The first kappa shape index (κ1) is 14.8. The summed E-state index contributed by atoms with van der Waals surface area (Å²) < 4.78 is 11.8. The highest BCUT2D eigenvalue weighted by Gasteiger charge is 2.27. The van der Waals surface area contributed by atoms with Gasteiger partial charge in [-0.15, -0.1) is 0 Å². The van der Waals surface area contributed by atoms with Crippen molar-refractivity contribution in [2.24, 2.45) is 5.73 Å². The van der Waals surface area contributed by atoms with Crippen molar-refractivity contribution in [1.82, 2.24) is 4.90 Å². The predicted octanol–water partition coefficient (Wildman–Crippen LogP) is 2.18. The summed E-state index contributed by atoms with van der Waals surface area (Å²) in [4.78, 5) is 2.31. The molecule has 0 amide bonds. The minimum Gasteiger partial charge on any atom is -0.497 e. The van der Waals surface area contributed by atoms with Crippen LogP contribution in [0, 0.1) is 0 Å². The van der Waals surface area contributed by atoms with Gasteiger partial charge in [-0.2, -0.15) is 0 Å². The predicted molar refractivity (Wildman–Crippen MR) is 79.5 cm³/mol. The van der Waals surface area contributed by atoms with E-state index in [0.717, 1.165) is 35.4 Å². The average molecular weight is 329 g/mol. The van der Waals surface area contributed by atoms with Gasteiger partial charge in [0.25, 0.3) is 0 Å². The summed E-state index contributed by atoms with van der Waals surface area (Å²) in [6, 6.07) is 6.60. The Bertz CT molecular complexity index is 422. The Kier molecular flexibility index (Phi) is 5.21. The van der Waals surface area contributed by atoms with Crippen molar-refractivity contribution in [3.63, 3.8) is 0 Å². The maximum Gasteiger partial charge on any atom is 0.119 e. The molecule has 0 aromatic heterocycles. The van der Waals surface area contributed by atoms with Gasteiger partial charge >= 0.3 is 0 Å². The summed E-state index contributed by atoms with van der Waals surface area (Å²) in [5, 5.41) is 0. The van der Waals surface area contributed by atoms with Crippen molar-refractivity contribution in [3.05, 3.63) is 28.2 Å². The molecule has 0 saturated carbocycles. The number of hydrogen-bond acceptors (Lipinski definition) is 4. The van der Waals surface area contributed by atoms with Crippen LogP contribution in [0.25, 0.3) is 0 Å². The van der Waals surface area contributed by atoms with Crippen molar-refractivity contribution in [1.29, 1.82) is 0 Å².